The predicted molar refractivity (Wildman–Crippen MR) is 121 cm³/mol. The van der Waals surface area contributed by atoms with Gasteiger partial charge >= 0.3 is 0 Å². The van der Waals surface area contributed by atoms with Gasteiger partial charge in [-0.2, -0.15) is 0 Å². The number of amides is 1. The standard InChI is InChI=1S/C20H10Cl4N2O2S/c21-10-4-6-13(22)15(8-10)25-20-26-19(27)17(29-20)9-11-5-7-16(28-11)12-2-1-3-14(23)18(12)24/h1-9H,(H,25,26,27)/b17-9+. The summed E-state index contributed by atoms with van der Waals surface area (Å²) in [4.78, 5) is 17.1. The Kier molecular flexibility index (Phi) is 5.95. The summed E-state index contributed by atoms with van der Waals surface area (Å²) < 4.78 is 5.81. The number of thioether (sulfide) groups is 1. The molecule has 0 aliphatic carbocycles. The molecule has 0 unspecified atom stereocenters. The Hall–Kier alpha value is -1.89. The number of hydrogen-bond acceptors (Lipinski definition) is 4. The Morgan fingerprint density at radius 3 is 2.66 bits per heavy atom. The Bertz CT molecular complexity index is 1190. The molecule has 1 N–H and O–H groups in total. The van der Waals surface area contributed by atoms with Gasteiger partial charge in [0.15, 0.2) is 5.17 Å². The fourth-order valence-corrected chi connectivity index (χ4v) is 4.09. The van der Waals surface area contributed by atoms with Crippen molar-refractivity contribution in [1.29, 1.82) is 0 Å². The minimum Gasteiger partial charge on any atom is -0.457 e. The van der Waals surface area contributed by atoms with Crippen LogP contribution < -0.4 is 5.32 Å². The van der Waals surface area contributed by atoms with Gasteiger partial charge in [-0.3, -0.25) is 4.79 Å². The molecule has 1 saturated heterocycles. The van der Waals surface area contributed by atoms with E-state index in [2.05, 4.69) is 10.3 Å². The number of carbonyl (C=O) groups excluding carboxylic acids is 1. The van der Waals surface area contributed by atoms with Gasteiger partial charge in [-0.1, -0.05) is 52.5 Å². The van der Waals surface area contributed by atoms with E-state index < -0.39 is 0 Å². The lowest BCUT2D eigenvalue weighted by Crippen LogP contribution is -2.19. The Morgan fingerprint density at radius 2 is 1.83 bits per heavy atom. The van der Waals surface area contributed by atoms with Gasteiger partial charge in [-0.25, -0.2) is 4.99 Å². The maximum atomic E-state index is 12.3. The van der Waals surface area contributed by atoms with Gasteiger partial charge in [0.2, 0.25) is 0 Å². The predicted octanol–water partition coefficient (Wildman–Crippen LogP) is 7.45. The van der Waals surface area contributed by atoms with Crippen molar-refractivity contribution in [3.63, 3.8) is 0 Å². The zero-order valence-corrected chi connectivity index (χ0v) is 18.2. The lowest BCUT2D eigenvalue weighted by molar-refractivity contribution is -0.115. The third-order valence-corrected chi connectivity index (χ3v) is 6.18. The molecule has 9 heteroatoms. The Morgan fingerprint density at radius 1 is 1.00 bits per heavy atom. The van der Waals surface area contributed by atoms with Crippen LogP contribution in [0.5, 0.6) is 0 Å². The summed E-state index contributed by atoms with van der Waals surface area (Å²) >= 11 is 25.6. The minimum atomic E-state index is -0.286. The summed E-state index contributed by atoms with van der Waals surface area (Å²) in [5.41, 5.74) is 1.14. The molecule has 146 valence electrons. The van der Waals surface area contributed by atoms with Crippen LogP contribution in [0.4, 0.5) is 5.69 Å². The van der Waals surface area contributed by atoms with Gasteiger partial charge in [0.1, 0.15) is 11.5 Å². The van der Waals surface area contributed by atoms with Gasteiger partial charge in [0, 0.05) is 16.7 Å². The maximum Gasteiger partial charge on any atom is 0.264 e. The van der Waals surface area contributed by atoms with Crippen molar-refractivity contribution in [1.82, 2.24) is 5.32 Å². The fraction of sp³-hybridized carbons (Fsp3) is 0. The Labute approximate surface area is 190 Å². The minimum absolute atomic E-state index is 0.286. The summed E-state index contributed by atoms with van der Waals surface area (Å²) in [6, 6.07) is 13.7. The van der Waals surface area contributed by atoms with Crippen molar-refractivity contribution < 1.29 is 9.21 Å². The van der Waals surface area contributed by atoms with Crippen LogP contribution in [0.2, 0.25) is 20.1 Å². The fourth-order valence-electron chi connectivity index (χ4n) is 2.56. The molecule has 1 fully saturated rings. The van der Waals surface area contributed by atoms with Gasteiger partial charge in [-0.15, -0.1) is 0 Å². The number of benzene rings is 2. The molecule has 0 saturated carbocycles. The van der Waals surface area contributed by atoms with E-state index >= 15 is 0 Å². The third kappa shape index (κ3) is 4.49. The molecule has 1 amide bonds. The average molecular weight is 484 g/mol. The van der Waals surface area contributed by atoms with Crippen LogP contribution >= 0.6 is 58.2 Å². The first-order chi connectivity index (χ1) is 13.9. The molecule has 2 aromatic carbocycles. The van der Waals surface area contributed by atoms with Gasteiger partial charge < -0.3 is 9.73 Å². The van der Waals surface area contributed by atoms with Gasteiger partial charge in [0.05, 0.1) is 25.7 Å². The number of amidine groups is 1. The normalized spacial score (nSPS) is 16.6. The van der Waals surface area contributed by atoms with E-state index in [4.69, 9.17) is 50.8 Å². The number of nitrogens with one attached hydrogen (secondary N) is 1. The SMILES string of the molecule is O=C1NC(=Nc2cc(Cl)ccc2Cl)S/C1=C/c1ccc(-c2cccc(Cl)c2Cl)o1. The molecule has 1 aliphatic rings. The zero-order chi connectivity index (χ0) is 20.5. The highest BCUT2D eigenvalue weighted by atomic mass is 35.5. The number of carbonyl (C=O) groups is 1. The summed E-state index contributed by atoms with van der Waals surface area (Å²) in [6.45, 7) is 0. The highest BCUT2D eigenvalue weighted by Gasteiger charge is 2.25. The highest BCUT2D eigenvalue weighted by Crippen LogP contribution is 2.36. The van der Waals surface area contributed by atoms with Crippen molar-refractivity contribution in [3.8, 4) is 11.3 Å². The first kappa shape index (κ1) is 20.4. The lowest BCUT2D eigenvalue weighted by Gasteiger charge is -2.01. The second kappa shape index (κ2) is 8.46. The number of nitrogens with zero attached hydrogens (tertiary/aromatic N) is 1. The molecule has 4 rings (SSSR count). The van der Waals surface area contributed by atoms with E-state index in [1.54, 1.807) is 54.6 Å². The molecular formula is C20H10Cl4N2O2S. The summed E-state index contributed by atoms with van der Waals surface area (Å²) in [6.07, 6.45) is 1.63. The van der Waals surface area contributed by atoms with Crippen LogP contribution in [-0.2, 0) is 4.79 Å². The van der Waals surface area contributed by atoms with Crippen molar-refractivity contribution in [2.24, 2.45) is 4.99 Å². The second-order valence-corrected chi connectivity index (χ2v) is 8.54. The summed E-state index contributed by atoms with van der Waals surface area (Å²) in [5, 5.41) is 4.87. The monoisotopic (exact) mass is 482 g/mol. The highest BCUT2D eigenvalue weighted by molar-refractivity contribution is 8.18. The topological polar surface area (TPSA) is 54.6 Å². The quantitative estimate of drug-likeness (QED) is 0.393. The van der Waals surface area contributed by atoms with Gasteiger partial charge in [0.25, 0.3) is 5.91 Å². The number of hydrogen-bond donors (Lipinski definition) is 1. The number of rotatable bonds is 3. The van der Waals surface area contributed by atoms with E-state index in [-0.39, 0.29) is 5.91 Å². The van der Waals surface area contributed by atoms with E-state index in [1.165, 1.54) is 11.8 Å². The lowest BCUT2D eigenvalue weighted by atomic mass is 10.2. The number of furan rings is 1. The third-order valence-electron chi connectivity index (χ3n) is 3.90. The van der Waals surface area contributed by atoms with E-state index in [0.717, 1.165) is 0 Å². The van der Waals surface area contributed by atoms with Crippen LogP contribution in [0.1, 0.15) is 5.76 Å². The van der Waals surface area contributed by atoms with Crippen LogP contribution in [0, 0.1) is 0 Å². The van der Waals surface area contributed by atoms with Crippen molar-refractivity contribution >= 4 is 81.0 Å². The van der Waals surface area contributed by atoms with E-state index in [0.29, 0.717) is 52.9 Å². The molecule has 3 aromatic rings. The van der Waals surface area contributed by atoms with Crippen LogP contribution in [-0.4, -0.2) is 11.1 Å². The maximum absolute atomic E-state index is 12.3. The summed E-state index contributed by atoms with van der Waals surface area (Å²) in [5.74, 6) is 0.758. The van der Waals surface area contributed by atoms with Crippen LogP contribution in [0.25, 0.3) is 17.4 Å². The van der Waals surface area contributed by atoms with Crippen LogP contribution in [0.15, 0.2) is 62.8 Å². The van der Waals surface area contributed by atoms with Crippen molar-refractivity contribution in [3.05, 3.63) is 79.3 Å². The molecule has 1 aliphatic heterocycles. The van der Waals surface area contributed by atoms with E-state index in [1.807, 2.05) is 0 Å². The molecule has 29 heavy (non-hydrogen) atoms. The molecule has 0 atom stereocenters. The van der Waals surface area contributed by atoms with Crippen molar-refractivity contribution in [2.45, 2.75) is 0 Å². The van der Waals surface area contributed by atoms with Gasteiger partial charge in [-0.05, 0) is 54.2 Å². The number of aliphatic imine (C=N–C) groups is 1. The van der Waals surface area contributed by atoms with Crippen LogP contribution in [0.3, 0.4) is 0 Å². The largest absolute Gasteiger partial charge is 0.457 e. The summed E-state index contributed by atoms with van der Waals surface area (Å²) in [7, 11) is 0. The van der Waals surface area contributed by atoms with E-state index in [9.17, 15) is 4.79 Å². The first-order valence-electron chi connectivity index (χ1n) is 8.19. The number of halogens is 4. The van der Waals surface area contributed by atoms with Crippen molar-refractivity contribution in [2.75, 3.05) is 0 Å². The molecular weight excluding hydrogens is 474 g/mol. The first-order valence-corrected chi connectivity index (χ1v) is 10.5. The zero-order valence-electron chi connectivity index (χ0n) is 14.4. The Balaban J connectivity index is 1.59. The molecule has 2 heterocycles. The molecule has 1 aromatic heterocycles. The molecule has 0 bridgehead atoms. The molecule has 0 spiro atoms. The second-order valence-electron chi connectivity index (χ2n) is 5.88. The average Bonchev–Trinajstić information content (AvgIpc) is 3.28. The molecule has 4 nitrogen and oxygen atoms in total. The molecule has 0 radical (unpaired) electrons. The smallest absolute Gasteiger partial charge is 0.264 e.